The molecule has 1 aromatic heterocycles. The van der Waals surface area contributed by atoms with Crippen molar-refractivity contribution >= 4 is 51.2 Å². The Hall–Kier alpha value is -2.99. The van der Waals surface area contributed by atoms with E-state index in [-0.39, 0.29) is 35.3 Å². The summed E-state index contributed by atoms with van der Waals surface area (Å²) >= 11 is 1.05. The van der Waals surface area contributed by atoms with E-state index >= 15 is 0 Å². The van der Waals surface area contributed by atoms with Crippen LogP contribution < -0.4 is 9.62 Å². The Kier molecular flexibility index (Phi) is 7.14. The molecule has 32 heavy (non-hydrogen) atoms. The van der Waals surface area contributed by atoms with Gasteiger partial charge in [0.2, 0.25) is 17.8 Å². The maximum absolute atomic E-state index is 12.7. The molecule has 1 aliphatic heterocycles. The van der Waals surface area contributed by atoms with Crippen molar-refractivity contribution in [2.24, 2.45) is 0 Å². The molecule has 3 rings (SSSR count). The van der Waals surface area contributed by atoms with E-state index in [0.29, 0.717) is 11.4 Å². The lowest BCUT2D eigenvalue weighted by atomic mass is 10.3. The third-order valence-corrected chi connectivity index (χ3v) is 6.94. The zero-order valence-electron chi connectivity index (χ0n) is 17.7. The molecule has 1 unspecified atom stereocenters. The zero-order chi connectivity index (χ0) is 23.5. The molecule has 1 aromatic carbocycles. The molecule has 2 aromatic rings. The Morgan fingerprint density at radius 1 is 1.19 bits per heavy atom. The second-order valence-electron chi connectivity index (χ2n) is 6.95. The van der Waals surface area contributed by atoms with Crippen molar-refractivity contribution in [3.05, 3.63) is 41.7 Å². The summed E-state index contributed by atoms with van der Waals surface area (Å²) in [5.74, 6) is -1.41. The summed E-state index contributed by atoms with van der Waals surface area (Å²) in [6, 6.07) is 7.06. The van der Waals surface area contributed by atoms with Crippen molar-refractivity contribution < 1.29 is 27.5 Å². The van der Waals surface area contributed by atoms with Crippen LogP contribution in [0.4, 0.5) is 11.6 Å². The van der Waals surface area contributed by atoms with Gasteiger partial charge in [-0.3, -0.25) is 14.4 Å². The molecule has 12 heteroatoms. The van der Waals surface area contributed by atoms with Crippen LogP contribution in [0.15, 0.2) is 35.2 Å². The van der Waals surface area contributed by atoms with Gasteiger partial charge in [0.25, 0.3) is 10.0 Å². The fourth-order valence-corrected chi connectivity index (χ4v) is 4.97. The number of carbonyl (C=O) groups excluding carboxylic acids is 3. The van der Waals surface area contributed by atoms with Crippen molar-refractivity contribution in [3.8, 4) is 0 Å². The van der Waals surface area contributed by atoms with Crippen LogP contribution in [0.25, 0.3) is 0 Å². The zero-order valence-corrected chi connectivity index (χ0v) is 19.3. The van der Waals surface area contributed by atoms with Crippen molar-refractivity contribution in [1.82, 2.24) is 9.97 Å². The van der Waals surface area contributed by atoms with Crippen LogP contribution >= 0.6 is 11.8 Å². The van der Waals surface area contributed by atoms with Gasteiger partial charge < -0.3 is 4.74 Å². The van der Waals surface area contributed by atoms with Crippen LogP contribution in [0.3, 0.4) is 0 Å². The average molecular weight is 479 g/mol. The largest absolute Gasteiger partial charge is 0.465 e. The van der Waals surface area contributed by atoms with E-state index in [2.05, 4.69) is 14.7 Å². The van der Waals surface area contributed by atoms with Gasteiger partial charge in [0, 0.05) is 17.8 Å². The van der Waals surface area contributed by atoms with Gasteiger partial charge in [-0.15, -0.1) is 11.8 Å². The highest BCUT2D eigenvalue weighted by Crippen LogP contribution is 2.30. The SMILES string of the molecule is CCOC(=O)CSC1CC(=O)N(c2ccc(S(=O)(=O)Nc3nc(C)cc(C)n3)cc2)C1=O. The molecular weight excluding hydrogens is 456 g/mol. The van der Waals surface area contributed by atoms with Crippen molar-refractivity contribution in [2.75, 3.05) is 22.0 Å². The molecule has 1 atom stereocenters. The number of rotatable bonds is 8. The number of nitrogens with zero attached hydrogens (tertiary/aromatic N) is 3. The summed E-state index contributed by atoms with van der Waals surface area (Å²) in [6.07, 6.45) is -0.0471. The van der Waals surface area contributed by atoms with E-state index in [0.717, 1.165) is 16.7 Å². The first-order valence-electron chi connectivity index (χ1n) is 9.70. The highest BCUT2D eigenvalue weighted by molar-refractivity contribution is 8.01. The number of thioether (sulfide) groups is 1. The third-order valence-electron chi connectivity index (χ3n) is 4.43. The predicted molar refractivity (Wildman–Crippen MR) is 119 cm³/mol. The molecule has 1 N–H and O–H groups in total. The molecule has 10 nitrogen and oxygen atoms in total. The maximum atomic E-state index is 12.7. The summed E-state index contributed by atoms with van der Waals surface area (Å²) in [5.41, 5.74) is 1.49. The number of benzene rings is 1. The van der Waals surface area contributed by atoms with Gasteiger partial charge in [0.05, 0.1) is 28.2 Å². The summed E-state index contributed by atoms with van der Waals surface area (Å²) in [5, 5.41) is -0.696. The minimum absolute atomic E-state index is 0.0330. The number of imide groups is 1. The summed E-state index contributed by atoms with van der Waals surface area (Å²) in [6.45, 7) is 5.37. The maximum Gasteiger partial charge on any atom is 0.315 e. The fraction of sp³-hybridized carbons (Fsp3) is 0.350. The van der Waals surface area contributed by atoms with E-state index in [4.69, 9.17) is 4.74 Å². The number of sulfonamides is 1. The summed E-state index contributed by atoms with van der Waals surface area (Å²) in [4.78, 5) is 45.6. The lowest BCUT2D eigenvalue weighted by molar-refractivity contribution is -0.139. The number of ether oxygens (including phenoxy) is 1. The Balaban J connectivity index is 1.72. The topological polar surface area (TPSA) is 136 Å². The number of nitrogens with one attached hydrogen (secondary N) is 1. The first-order valence-corrected chi connectivity index (χ1v) is 12.2. The number of aromatic nitrogens is 2. The lowest BCUT2D eigenvalue weighted by Gasteiger charge is -2.15. The first-order chi connectivity index (χ1) is 15.1. The molecule has 1 saturated heterocycles. The van der Waals surface area contributed by atoms with Crippen LogP contribution in [0.2, 0.25) is 0 Å². The Morgan fingerprint density at radius 3 is 2.41 bits per heavy atom. The summed E-state index contributed by atoms with van der Waals surface area (Å²) in [7, 11) is -3.97. The average Bonchev–Trinajstić information content (AvgIpc) is 2.99. The van der Waals surface area contributed by atoms with Gasteiger partial charge in [-0.05, 0) is 51.1 Å². The van der Waals surface area contributed by atoms with Gasteiger partial charge in [0.1, 0.15) is 0 Å². The summed E-state index contributed by atoms with van der Waals surface area (Å²) < 4.78 is 32.5. The number of anilines is 2. The van der Waals surface area contributed by atoms with E-state index in [1.54, 1.807) is 26.8 Å². The van der Waals surface area contributed by atoms with Crippen LogP contribution in [-0.4, -0.2) is 53.8 Å². The molecule has 0 aliphatic carbocycles. The molecule has 0 saturated carbocycles. The standard InChI is InChI=1S/C20H22N4O6S2/c1-4-30-18(26)11-31-16-10-17(25)24(19(16)27)14-5-7-15(8-6-14)32(28,29)23-20-21-12(2)9-13(3)22-20/h5-9,16H,4,10-11H2,1-3H3,(H,21,22,23). The normalized spacial score (nSPS) is 16.3. The molecule has 1 aliphatic rings. The number of amides is 2. The Morgan fingerprint density at radius 2 is 1.81 bits per heavy atom. The van der Waals surface area contributed by atoms with E-state index in [1.165, 1.54) is 24.3 Å². The van der Waals surface area contributed by atoms with Crippen LogP contribution in [0.5, 0.6) is 0 Å². The fourth-order valence-electron chi connectivity index (χ4n) is 3.10. The quantitative estimate of drug-likeness (QED) is 0.445. The minimum atomic E-state index is -3.97. The molecule has 0 bridgehead atoms. The van der Waals surface area contributed by atoms with Crippen molar-refractivity contribution in [3.63, 3.8) is 0 Å². The molecule has 170 valence electrons. The number of hydrogen-bond donors (Lipinski definition) is 1. The minimum Gasteiger partial charge on any atom is -0.465 e. The first kappa shape index (κ1) is 23.7. The number of esters is 1. The van der Waals surface area contributed by atoms with E-state index in [9.17, 15) is 22.8 Å². The Bertz CT molecular complexity index is 1130. The smallest absolute Gasteiger partial charge is 0.315 e. The number of aryl methyl sites for hydroxylation is 2. The molecule has 1 fully saturated rings. The molecular formula is C20H22N4O6S2. The third kappa shape index (κ3) is 5.43. The van der Waals surface area contributed by atoms with E-state index in [1.807, 2.05) is 0 Å². The van der Waals surface area contributed by atoms with Crippen molar-refractivity contribution in [1.29, 1.82) is 0 Å². The van der Waals surface area contributed by atoms with Gasteiger partial charge in [-0.1, -0.05) is 0 Å². The second kappa shape index (κ2) is 9.65. The second-order valence-corrected chi connectivity index (χ2v) is 9.82. The monoisotopic (exact) mass is 478 g/mol. The molecule has 2 amide bonds. The van der Waals surface area contributed by atoms with Gasteiger partial charge in [-0.2, -0.15) is 0 Å². The van der Waals surface area contributed by atoms with Crippen LogP contribution in [0, 0.1) is 13.8 Å². The number of hydrogen-bond acceptors (Lipinski definition) is 9. The molecule has 0 spiro atoms. The Labute approximate surface area is 189 Å². The van der Waals surface area contributed by atoms with Crippen LogP contribution in [-0.2, 0) is 29.1 Å². The number of carbonyl (C=O) groups is 3. The molecule has 0 radical (unpaired) electrons. The van der Waals surface area contributed by atoms with Gasteiger partial charge in [0.15, 0.2) is 0 Å². The highest BCUT2D eigenvalue weighted by Gasteiger charge is 2.40. The van der Waals surface area contributed by atoms with Gasteiger partial charge >= 0.3 is 5.97 Å². The molecule has 2 heterocycles. The predicted octanol–water partition coefficient (Wildman–Crippen LogP) is 1.82. The van der Waals surface area contributed by atoms with Crippen molar-refractivity contribution in [2.45, 2.75) is 37.3 Å². The lowest BCUT2D eigenvalue weighted by Crippen LogP contribution is -2.31. The van der Waals surface area contributed by atoms with Gasteiger partial charge in [-0.25, -0.2) is 28.0 Å². The highest BCUT2D eigenvalue weighted by atomic mass is 32.2. The van der Waals surface area contributed by atoms with Crippen LogP contribution in [0.1, 0.15) is 24.7 Å². The van der Waals surface area contributed by atoms with E-state index < -0.39 is 33.1 Å².